The van der Waals surface area contributed by atoms with E-state index in [0.717, 1.165) is 5.75 Å². The number of hydrogen-bond acceptors (Lipinski definition) is 3. The van der Waals surface area contributed by atoms with Gasteiger partial charge >= 0.3 is 5.97 Å². The van der Waals surface area contributed by atoms with Crippen molar-refractivity contribution in [1.29, 1.82) is 0 Å². The molecule has 1 aromatic rings. The van der Waals surface area contributed by atoms with E-state index in [1.165, 1.54) is 4.57 Å². The first-order valence-corrected chi connectivity index (χ1v) is 7.35. The van der Waals surface area contributed by atoms with Gasteiger partial charge in [0.2, 0.25) is 0 Å². The van der Waals surface area contributed by atoms with Crippen LogP contribution in [0.15, 0.2) is 18.3 Å². The van der Waals surface area contributed by atoms with Gasteiger partial charge in [0.15, 0.2) is 0 Å². The zero-order valence-electron chi connectivity index (χ0n) is 11.1. The van der Waals surface area contributed by atoms with Crippen molar-refractivity contribution in [2.24, 2.45) is 0 Å². The lowest BCUT2D eigenvalue weighted by molar-refractivity contribution is -0.137. The molecule has 5 nitrogen and oxygen atoms in total. The van der Waals surface area contributed by atoms with Crippen LogP contribution >= 0.6 is 11.8 Å². The van der Waals surface area contributed by atoms with Gasteiger partial charge in [-0.2, -0.15) is 11.8 Å². The number of nitrogens with zero attached hydrogens (tertiary/aromatic N) is 2. The summed E-state index contributed by atoms with van der Waals surface area (Å²) in [5.41, 5.74) is 0.452. The third-order valence-corrected chi connectivity index (χ3v) is 4.84. The summed E-state index contributed by atoms with van der Waals surface area (Å²) in [6, 6.07) is 3.56. The van der Waals surface area contributed by atoms with Gasteiger partial charge in [0.1, 0.15) is 12.2 Å². The van der Waals surface area contributed by atoms with Gasteiger partial charge in [-0.15, -0.1) is 0 Å². The Balaban J connectivity index is 2.19. The summed E-state index contributed by atoms with van der Waals surface area (Å²) in [6.07, 6.45) is 1.63. The Bertz CT molecular complexity index is 486. The SMILES string of the molecule is CC1SCCN(C(=O)c2cccn2CC(=O)O)C1C. The molecule has 1 aliphatic heterocycles. The number of carbonyl (C=O) groups is 2. The van der Waals surface area contributed by atoms with Crippen molar-refractivity contribution in [3.8, 4) is 0 Å². The first-order chi connectivity index (χ1) is 9.00. The van der Waals surface area contributed by atoms with Crippen molar-refractivity contribution < 1.29 is 14.7 Å². The number of hydrogen-bond donors (Lipinski definition) is 1. The van der Waals surface area contributed by atoms with Crippen molar-refractivity contribution in [3.05, 3.63) is 24.0 Å². The number of aromatic nitrogens is 1. The highest BCUT2D eigenvalue weighted by atomic mass is 32.2. The molecule has 2 unspecified atom stereocenters. The van der Waals surface area contributed by atoms with Crippen LogP contribution in [0.25, 0.3) is 0 Å². The van der Waals surface area contributed by atoms with Crippen LogP contribution < -0.4 is 0 Å². The molecule has 0 bridgehead atoms. The number of amides is 1. The fourth-order valence-corrected chi connectivity index (χ4v) is 3.36. The Hall–Kier alpha value is -1.43. The molecule has 2 heterocycles. The van der Waals surface area contributed by atoms with E-state index >= 15 is 0 Å². The van der Waals surface area contributed by atoms with Gasteiger partial charge in [0, 0.05) is 29.8 Å². The van der Waals surface area contributed by atoms with Crippen molar-refractivity contribution in [2.45, 2.75) is 31.7 Å². The fourth-order valence-electron chi connectivity index (χ4n) is 2.26. The molecule has 2 atom stereocenters. The van der Waals surface area contributed by atoms with E-state index in [1.54, 1.807) is 18.3 Å². The molecular formula is C13H18N2O3S. The smallest absolute Gasteiger partial charge is 0.323 e. The van der Waals surface area contributed by atoms with Gasteiger partial charge in [-0.1, -0.05) is 6.92 Å². The number of carboxylic acids is 1. The molecule has 104 valence electrons. The van der Waals surface area contributed by atoms with Crippen LogP contribution in [0.5, 0.6) is 0 Å². The fraction of sp³-hybridized carbons (Fsp3) is 0.538. The second-order valence-electron chi connectivity index (χ2n) is 4.73. The van der Waals surface area contributed by atoms with Crippen LogP contribution in [0.1, 0.15) is 24.3 Å². The van der Waals surface area contributed by atoms with Crippen LogP contribution in [-0.4, -0.2) is 50.0 Å². The lowest BCUT2D eigenvalue weighted by atomic mass is 10.2. The molecule has 6 heteroatoms. The summed E-state index contributed by atoms with van der Waals surface area (Å²) < 4.78 is 1.49. The molecule has 0 radical (unpaired) electrons. The molecule has 1 fully saturated rings. The molecule has 0 aromatic carbocycles. The number of rotatable bonds is 3. The highest BCUT2D eigenvalue weighted by Crippen LogP contribution is 2.25. The molecule has 0 saturated carbocycles. The standard InChI is InChI=1S/C13H18N2O3S/c1-9-10(2)19-7-6-15(9)13(18)11-4-3-5-14(11)8-12(16)17/h3-5,9-10H,6-8H2,1-2H3,(H,16,17). The normalized spacial score (nSPS) is 23.4. The van der Waals surface area contributed by atoms with Gasteiger partial charge in [-0.25, -0.2) is 0 Å². The second kappa shape index (κ2) is 5.69. The van der Waals surface area contributed by atoms with Crippen LogP contribution in [0, 0.1) is 0 Å². The summed E-state index contributed by atoms with van der Waals surface area (Å²) in [4.78, 5) is 25.1. The maximum absolute atomic E-state index is 12.5. The molecule has 1 aliphatic rings. The molecule has 2 rings (SSSR count). The number of carbonyl (C=O) groups excluding carboxylic acids is 1. The largest absolute Gasteiger partial charge is 0.480 e. The molecule has 19 heavy (non-hydrogen) atoms. The zero-order chi connectivity index (χ0) is 14.0. The summed E-state index contributed by atoms with van der Waals surface area (Å²) in [6.45, 7) is 4.69. The Morgan fingerprint density at radius 1 is 1.47 bits per heavy atom. The molecular weight excluding hydrogens is 264 g/mol. The van der Waals surface area contributed by atoms with Crippen molar-refractivity contribution in [1.82, 2.24) is 9.47 Å². The van der Waals surface area contributed by atoms with Crippen molar-refractivity contribution >= 4 is 23.6 Å². The number of carboxylic acid groups (broad SMARTS) is 1. The molecule has 1 amide bonds. The lowest BCUT2D eigenvalue weighted by Gasteiger charge is -2.37. The maximum Gasteiger partial charge on any atom is 0.323 e. The van der Waals surface area contributed by atoms with E-state index in [9.17, 15) is 9.59 Å². The second-order valence-corrected chi connectivity index (χ2v) is 6.22. The van der Waals surface area contributed by atoms with Crippen LogP contribution in [-0.2, 0) is 11.3 Å². The monoisotopic (exact) mass is 282 g/mol. The molecule has 1 aromatic heterocycles. The summed E-state index contributed by atoms with van der Waals surface area (Å²) in [5.74, 6) is -0.0940. The van der Waals surface area contributed by atoms with Crippen LogP contribution in [0.2, 0.25) is 0 Å². The van der Waals surface area contributed by atoms with Crippen molar-refractivity contribution in [2.75, 3.05) is 12.3 Å². The third-order valence-electron chi connectivity index (χ3n) is 3.50. The minimum Gasteiger partial charge on any atom is -0.480 e. The van der Waals surface area contributed by atoms with Crippen molar-refractivity contribution in [3.63, 3.8) is 0 Å². The quantitative estimate of drug-likeness (QED) is 0.913. The first-order valence-electron chi connectivity index (χ1n) is 6.30. The van der Waals surface area contributed by atoms with E-state index in [1.807, 2.05) is 23.6 Å². The number of thioether (sulfide) groups is 1. The minimum atomic E-state index is -0.944. The van der Waals surface area contributed by atoms with E-state index in [-0.39, 0.29) is 18.5 Å². The van der Waals surface area contributed by atoms with Gasteiger partial charge in [0.05, 0.1) is 0 Å². The van der Waals surface area contributed by atoms with Crippen LogP contribution in [0.3, 0.4) is 0 Å². The van der Waals surface area contributed by atoms with Gasteiger partial charge in [0.25, 0.3) is 5.91 Å². The summed E-state index contributed by atoms with van der Waals surface area (Å²) in [5, 5.41) is 9.25. The summed E-state index contributed by atoms with van der Waals surface area (Å²) in [7, 11) is 0. The molecule has 0 spiro atoms. The predicted octanol–water partition coefficient (Wildman–Crippen LogP) is 1.54. The average molecular weight is 282 g/mol. The highest BCUT2D eigenvalue weighted by Gasteiger charge is 2.30. The maximum atomic E-state index is 12.5. The highest BCUT2D eigenvalue weighted by molar-refractivity contribution is 8.00. The average Bonchev–Trinajstić information content (AvgIpc) is 2.79. The van der Waals surface area contributed by atoms with Gasteiger partial charge < -0.3 is 14.6 Å². The molecule has 1 saturated heterocycles. The number of aliphatic carboxylic acids is 1. The van der Waals surface area contributed by atoms with Gasteiger partial charge in [-0.3, -0.25) is 9.59 Å². The Kier molecular flexibility index (Phi) is 4.19. The summed E-state index contributed by atoms with van der Waals surface area (Å²) >= 11 is 1.86. The lowest BCUT2D eigenvalue weighted by Crippen LogP contribution is -2.48. The Morgan fingerprint density at radius 2 is 2.21 bits per heavy atom. The van der Waals surface area contributed by atoms with Gasteiger partial charge in [-0.05, 0) is 19.1 Å². The zero-order valence-corrected chi connectivity index (χ0v) is 11.9. The molecule has 1 N–H and O–H groups in total. The van der Waals surface area contributed by atoms with E-state index in [2.05, 4.69) is 6.92 Å². The van der Waals surface area contributed by atoms with E-state index in [0.29, 0.717) is 17.5 Å². The topological polar surface area (TPSA) is 62.5 Å². The minimum absolute atomic E-state index is 0.0779. The molecule has 0 aliphatic carbocycles. The third kappa shape index (κ3) is 2.94. The Morgan fingerprint density at radius 3 is 2.89 bits per heavy atom. The first kappa shape index (κ1) is 14.0. The Labute approximate surface area is 116 Å². The van der Waals surface area contributed by atoms with Crippen LogP contribution in [0.4, 0.5) is 0 Å². The van der Waals surface area contributed by atoms with E-state index < -0.39 is 5.97 Å². The van der Waals surface area contributed by atoms with E-state index in [4.69, 9.17) is 5.11 Å². The predicted molar refractivity (Wildman–Crippen MR) is 74.5 cm³/mol.